The van der Waals surface area contributed by atoms with Crippen LogP contribution in [0, 0.1) is 0 Å². The van der Waals surface area contributed by atoms with E-state index in [-0.39, 0.29) is 26.1 Å². The second-order valence-electron chi connectivity index (χ2n) is 8.95. The Labute approximate surface area is 221 Å². The van der Waals surface area contributed by atoms with Gasteiger partial charge in [0.05, 0.1) is 12.5 Å². The number of hydrogen-bond acceptors (Lipinski definition) is 6. The molecule has 38 heavy (non-hydrogen) atoms. The highest BCUT2D eigenvalue weighted by Crippen LogP contribution is 2.20. The van der Waals surface area contributed by atoms with Gasteiger partial charge < -0.3 is 20.5 Å². The van der Waals surface area contributed by atoms with E-state index in [0.29, 0.717) is 0 Å². The first kappa shape index (κ1) is 26.6. The Morgan fingerprint density at radius 1 is 0.711 bits per heavy atom. The predicted molar refractivity (Wildman–Crippen MR) is 145 cm³/mol. The van der Waals surface area contributed by atoms with Crippen LogP contribution in [0.3, 0.4) is 0 Å². The Balaban J connectivity index is 1.42. The van der Waals surface area contributed by atoms with Crippen LogP contribution in [0.4, 0.5) is 0 Å². The van der Waals surface area contributed by atoms with E-state index in [2.05, 4.69) is 5.32 Å². The minimum atomic E-state index is -1.18. The van der Waals surface area contributed by atoms with Crippen molar-refractivity contribution >= 4 is 28.6 Å². The maximum Gasteiger partial charge on any atom is 0.329 e. The number of carbonyl (C=O) groups is 3. The lowest BCUT2D eigenvalue weighted by molar-refractivity contribution is -0.149. The van der Waals surface area contributed by atoms with E-state index in [4.69, 9.17) is 15.2 Å². The topological polar surface area (TPSA) is 108 Å². The number of benzene rings is 4. The van der Waals surface area contributed by atoms with Gasteiger partial charge in [0, 0.05) is 6.42 Å². The molecule has 1 amide bonds. The summed E-state index contributed by atoms with van der Waals surface area (Å²) in [5, 5.41) is 4.69. The lowest BCUT2D eigenvalue weighted by Crippen LogP contribution is -2.50. The van der Waals surface area contributed by atoms with Crippen LogP contribution in [0.5, 0.6) is 0 Å². The standard InChI is InChI=1S/C31H30N2O5/c32-27(19-29(34)37-20-22-10-3-1-4-11-22)30(35)33-28(31(36)38-21-23-12-5-2-6-13-23)18-25-16-9-15-24-14-7-8-17-26(24)25/h1-17,27-28H,18-21,32H2,(H,33,35)/t27-,28-/m0/s1. The molecule has 4 aromatic carbocycles. The van der Waals surface area contributed by atoms with Crippen molar-refractivity contribution in [2.24, 2.45) is 5.73 Å². The van der Waals surface area contributed by atoms with Gasteiger partial charge in [0.25, 0.3) is 0 Å². The summed E-state index contributed by atoms with van der Waals surface area (Å²) in [6, 6.07) is 29.9. The van der Waals surface area contributed by atoms with Crippen LogP contribution in [0.2, 0.25) is 0 Å². The summed E-state index contributed by atoms with van der Waals surface area (Å²) < 4.78 is 10.8. The second kappa shape index (κ2) is 13.2. The molecule has 7 heteroatoms. The number of amides is 1. The van der Waals surface area contributed by atoms with E-state index in [1.54, 1.807) is 0 Å². The molecule has 0 saturated heterocycles. The molecule has 4 rings (SSSR count). The Morgan fingerprint density at radius 2 is 1.29 bits per heavy atom. The van der Waals surface area contributed by atoms with Crippen LogP contribution >= 0.6 is 0 Å². The van der Waals surface area contributed by atoms with Crippen molar-refractivity contribution in [1.29, 1.82) is 0 Å². The molecular weight excluding hydrogens is 480 g/mol. The highest BCUT2D eigenvalue weighted by Gasteiger charge is 2.27. The third-order valence-electron chi connectivity index (χ3n) is 6.09. The third-order valence-corrected chi connectivity index (χ3v) is 6.09. The first-order valence-corrected chi connectivity index (χ1v) is 12.4. The first-order valence-electron chi connectivity index (χ1n) is 12.4. The Morgan fingerprint density at radius 3 is 1.97 bits per heavy atom. The monoisotopic (exact) mass is 510 g/mol. The summed E-state index contributed by atoms with van der Waals surface area (Å²) in [4.78, 5) is 38.3. The second-order valence-corrected chi connectivity index (χ2v) is 8.95. The van der Waals surface area contributed by atoms with Crippen molar-refractivity contribution < 1.29 is 23.9 Å². The molecule has 3 N–H and O–H groups in total. The number of esters is 2. The maximum atomic E-state index is 13.1. The van der Waals surface area contributed by atoms with Gasteiger partial charge in [-0.2, -0.15) is 0 Å². The predicted octanol–water partition coefficient (Wildman–Crippen LogP) is 4.07. The Kier molecular flexibility index (Phi) is 9.21. The van der Waals surface area contributed by atoms with Crippen LogP contribution < -0.4 is 11.1 Å². The normalized spacial score (nSPS) is 12.3. The van der Waals surface area contributed by atoms with Crippen molar-refractivity contribution in [2.45, 2.75) is 38.1 Å². The van der Waals surface area contributed by atoms with E-state index >= 15 is 0 Å². The van der Waals surface area contributed by atoms with Gasteiger partial charge in [0.2, 0.25) is 5.91 Å². The van der Waals surface area contributed by atoms with Crippen molar-refractivity contribution in [3.8, 4) is 0 Å². The van der Waals surface area contributed by atoms with Gasteiger partial charge >= 0.3 is 11.9 Å². The van der Waals surface area contributed by atoms with Gasteiger partial charge in [-0.15, -0.1) is 0 Å². The number of rotatable bonds is 11. The smallest absolute Gasteiger partial charge is 0.329 e. The van der Waals surface area contributed by atoms with Gasteiger partial charge in [-0.3, -0.25) is 9.59 Å². The van der Waals surface area contributed by atoms with Crippen LogP contribution in [0.25, 0.3) is 10.8 Å². The van der Waals surface area contributed by atoms with Gasteiger partial charge in [0.15, 0.2) is 0 Å². The molecule has 0 aromatic heterocycles. The molecule has 0 bridgehead atoms. The molecule has 4 aromatic rings. The number of hydrogen-bond donors (Lipinski definition) is 2. The molecule has 0 heterocycles. The van der Waals surface area contributed by atoms with Crippen LogP contribution in [0.15, 0.2) is 103 Å². The van der Waals surface area contributed by atoms with E-state index in [9.17, 15) is 14.4 Å². The summed E-state index contributed by atoms with van der Waals surface area (Å²) in [6.45, 7) is 0.156. The van der Waals surface area contributed by atoms with E-state index < -0.39 is 29.9 Å². The summed E-state index contributed by atoms with van der Waals surface area (Å²) in [5.41, 5.74) is 8.55. The number of nitrogens with one attached hydrogen (secondary N) is 1. The molecular formula is C31H30N2O5. The maximum absolute atomic E-state index is 13.1. The molecule has 0 aliphatic rings. The summed E-state index contributed by atoms with van der Waals surface area (Å²) >= 11 is 0. The average Bonchev–Trinajstić information content (AvgIpc) is 2.95. The lowest BCUT2D eigenvalue weighted by Gasteiger charge is -2.21. The van der Waals surface area contributed by atoms with Crippen molar-refractivity contribution in [2.75, 3.05) is 0 Å². The van der Waals surface area contributed by atoms with Crippen molar-refractivity contribution in [3.05, 3.63) is 120 Å². The largest absolute Gasteiger partial charge is 0.461 e. The van der Waals surface area contributed by atoms with Crippen LogP contribution in [0.1, 0.15) is 23.1 Å². The van der Waals surface area contributed by atoms with Crippen LogP contribution in [-0.4, -0.2) is 29.9 Å². The number of nitrogens with two attached hydrogens (primary N) is 1. The molecule has 0 spiro atoms. The molecule has 0 aliphatic heterocycles. The lowest BCUT2D eigenvalue weighted by atomic mass is 9.98. The molecule has 0 radical (unpaired) electrons. The van der Waals surface area contributed by atoms with Gasteiger partial charge in [0.1, 0.15) is 19.3 Å². The molecule has 0 fully saturated rings. The molecule has 0 unspecified atom stereocenters. The number of ether oxygens (including phenoxy) is 2. The first-order chi connectivity index (χ1) is 18.5. The molecule has 0 aliphatic carbocycles. The quantitative estimate of drug-likeness (QED) is 0.295. The average molecular weight is 511 g/mol. The highest BCUT2D eigenvalue weighted by molar-refractivity contribution is 5.91. The Bertz CT molecular complexity index is 1370. The Hall–Kier alpha value is -4.49. The zero-order valence-corrected chi connectivity index (χ0v) is 20.9. The molecule has 194 valence electrons. The van der Waals surface area contributed by atoms with Crippen molar-refractivity contribution in [3.63, 3.8) is 0 Å². The third kappa shape index (κ3) is 7.51. The van der Waals surface area contributed by atoms with Gasteiger partial charge in [-0.25, -0.2) is 4.79 Å². The zero-order chi connectivity index (χ0) is 26.7. The zero-order valence-electron chi connectivity index (χ0n) is 20.9. The highest BCUT2D eigenvalue weighted by atomic mass is 16.5. The SMILES string of the molecule is N[C@@H](CC(=O)OCc1ccccc1)C(=O)N[C@@H](Cc1cccc2ccccc12)C(=O)OCc1ccccc1. The minimum Gasteiger partial charge on any atom is -0.461 e. The minimum absolute atomic E-state index is 0.0689. The van der Waals surface area contributed by atoms with E-state index in [1.807, 2.05) is 103 Å². The van der Waals surface area contributed by atoms with E-state index in [0.717, 1.165) is 27.5 Å². The van der Waals surface area contributed by atoms with Gasteiger partial charge in [-0.05, 0) is 27.5 Å². The summed E-state index contributed by atoms with van der Waals surface area (Å²) in [5.74, 6) is -1.83. The van der Waals surface area contributed by atoms with E-state index in [1.165, 1.54) is 0 Å². The molecule has 0 saturated carbocycles. The summed E-state index contributed by atoms with van der Waals surface area (Å²) in [6.07, 6.45) is -0.120. The van der Waals surface area contributed by atoms with Gasteiger partial charge in [-0.1, -0.05) is 103 Å². The molecule has 2 atom stereocenters. The summed E-state index contributed by atoms with van der Waals surface area (Å²) in [7, 11) is 0. The fourth-order valence-electron chi connectivity index (χ4n) is 4.06. The number of carbonyl (C=O) groups excluding carboxylic acids is 3. The number of fused-ring (bicyclic) bond motifs is 1. The fourth-order valence-corrected chi connectivity index (χ4v) is 4.06. The van der Waals surface area contributed by atoms with Crippen LogP contribution in [-0.2, 0) is 43.5 Å². The van der Waals surface area contributed by atoms with Crippen molar-refractivity contribution in [1.82, 2.24) is 5.32 Å². The fraction of sp³-hybridized carbons (Fsp3) is 0.194. The molecule has 7 nitrogen and oxygen atoms in total.